The molecule has 3 heterocycles. The van der Waals surface area contributed by atoms with Crippen LogP contribution in [0.3, 0.4) is 0 Å². The van der Waals surface area contributed by atoms with Gasteiger partial charge < -0.3 is 15.5 Å². The Labute approximate surface area is 153 Å². The Kier molecular flexibility index (Phi) is 5.55. The lowest BCUT2D eigenvalue weighted by Crippen LogP contribution is -2.41. The molecule has 0 saturated carbocycles. The number of nitrogens with two attached hydrogens (primary N) is 1. The Morgan fingerprint density at radius 3 is 2.69 bits per heavy atom. The fourth-order valence-electron chi connectivity index (χ4n) is 3.37. The molecule has 9 heteroatoms. The molecule has 9 nitrogen and oxygen atoms in total. The van der Waals surface area contributed by atoms with Crippen molar-refractivity contribution in [3.8, 4) is 0 Å². The third-order valence-electron chi connectivity index (χ3n) is 4.96. The molecule has 26 heavy (non-hydrogen) atoms. The van der Waals surface area contributed by atoms with Crippen LogP contribution < -0.4 is 10.6 Å². The number of carbonyl (C=O) groups excluding carboxylic acids is 1. The topological polar surface area (TPSA) is 96.4 Å². The maximum Gasteiger partial charge on any atom is 0.236 e. The molecular weight excluding hydrogens is 332 g/mol. The van der Waals surface area contributed by atoms with Gasteiger partial charge in [-0.05, 0) is 20.3 Å². The summed E-state index contributed by atoms with van der Waals surface area (Å²) in [6.07, 6.45) is 2.65. The number of anilines is 2. The van der Waals surface area contributed by atoms with Gasteiger partial charge in [0.25, 0.3) is 0 Å². The number of aromatic nitrogens is 4. The van der Waals surface area contributed by atoms with E-state index in [1.807, 2.05) is 25.8 Å². The highest BCUT2D eigenvalue weighted by molar-refractivity contribution is 5.86. The first-order valence-electron chi connectivity index (χ1n) is 9.23. The SMILES string of the molecule is CCN(CC)C(=O)CN1CCCN(c2nc(N)c3cnn(C)c3n2)CC1. The zero-order valence-electron chi connectivity index (χ0n) is 15.9. The fraction of sp³-hybridized carbons (Fsp3) is 0.647. The van der Waals surface area contributed by atoms with E-state index in [0.29, 0.717) is 18.3 Å². The first kappa shape index (κ1) is 18.4. The number of nitrogens with zero attached hydrogens (tertiary/aromatic N) is 7. The van der Waals surface area contributed by atoms with Gasteiger partial charge >= 0.3 is 0 Å². The van der Waals surface area contributed by atoms with Crippen molar-refractivity contribution in [2.75, 3.05) is 56.4 Å². The first-order valence-corrected chi connectivity index (χ1v) is 9.23. The highest BCUT2D eigenvalue weighted by Crippen LogP contribution is 2.21. The van der Waals surface area contributed by atoms with E-state index in [4.69, 9.17) is 5.73 Å². The van der Waals surface area contributed by atoms with Crippen LogP contribution in [-0.4, -0.2) is 81.3 Å². The molecule has 1 fully saturated rings. The van der Waals surface area contributed by atoms with E-state index in [-0.39, 0.29) is 5.91 Å². The molecule has 2 aromatic heterocycles. The lowest BCUT2D eigenvalue weighted by molar-refractivity contribution is -0.132. The summed E-state index contributed by atoms with van der Waals surface area (Å²) in [5.74, 6) is 1.28. The maximum atomic E-state index is 12.4. The number of amides is 1. The number of rotatable bonds is 5. The number of aryl methyl sites for hydroxylation is 1. The second kappa shape index (κ2) is 7.86. The Hall–Kier alpha value is -2.42. The van der Waals surface area contributed by atoms with Gasteiger partial charge in [0.2, 0.25) is 11.9 Å². The molecule has 0 unspecified atom stereocenters. The van der Waals surface area contributed by atoms with Gasteiger partial charge in [0, 0.05) is 46.3 Å². The molecule has 2 N–H and O–H groups in total. The monoisotopic (exact) mass is 360 g/mol. The van der Waals surface area contributed by atoms with Crippen LogP contribution in [0.1, 0.15) is 20.3 Å². The molecule has 0 radical (unpaired) electrons. The third-order valence-corrected chi connectivity index (χ3v) is 4.96. The predicted molar refractivity (Wildman–Crippen MR) is 102 cm³/mol. The van der Waals surface area contributed by atoms with E-state index < -0.39 is 0 Å². The van der Waals surface area contributed by atoms with Gasteiger partial charge in [0.1, 0.15) is 5.82 Å². The maximum absolute atomic E-state index is 12.4. The molecule has 1 aliphatic heterocycles. The number of carbonyl (C=O) groups is 1. The van der Waals surface area contributed by atoms with Crippen molar-refractivity contribution in [2.45, 2.75) is 20.3 Å². The Morgan fingerprint density at radius 1 is 1.19 bits per heavy atom. The van der Waals surface area contributed by atoms with Crippen LogP contribution in [0.5, 0.6) is 0 Å². The second-order valence-corrected chi connectivity index (χ2v) is 6.60. The van der Waals surface area contributed by atoms with Crippen molar-refractivity contribution in [3.63, 3.8) is 0 Å². The molecule has 1 amide bonds. The lowest BCUT2D eigenvalue weighted by atomic mass is 10.3. The summed E-state index contributed by atoms with van der Waals surface area (Å²) < 4.78 is 1.71. The van der Waals surface area contributed by atoms with Gasteiger partial charge in [-0.15, -0.1) is 0 Å². The summed E-state index contributed by atoms with van der Waals surface area (Å²) in [6, 6.07) is 0. The molecule has 0 aliphatic carbocycles. The van der Waals surface area contributed by atoms with Crippen molar-refractivity contribution in [3.05, 3.63) is 6.20 Å². The van der Waals surface area contributed by atoms with Gasteiger partial charge in [-0.1, -0.05) is 0 Å². The minimum atomic E-state index is 0.195. The van der Waals surface area contributed by atoms with Gasteiger partial charge in [-0.2, -0.15) is 15.1 Å². The normalized spacial score (nSPS) is 16.0. The molecule has 0 bridgehead atoms. The van der Waals surface area contributed by atoms with Crippen LogP contribution in [0.2, 0.25) is 0 Å². The minimum Gasteiger partial charge on any atom is -0.383 e. The Balaban J connectivity index is 1.69. The molecule has 1 saturated heterocycles. The molecule has 2 aromatic rings. The minimum absolute atomic E-state index is 0.195. The summed E-state index contributed by atoms with van der Waals surface area (Å²) in [6.45, 7) is 9.34. The number of nitrogen functional groups attached to an aromatic ring is 1. The summed E-state index contributed by atoms with van der Waals surface area (Å²) in [7, 11) is 1.85. The van der Waals surface area contributed by atoms with E-state index in [1.54, 1.807) is 10.9 Å². The summed E-state index contributed by atoms with van der Waals surface area (Å²) in [5, 5.41) is 4.98. The summed E-state index contributed by atoms with van der Waals surface area (Å²) >= 11 is 0. The van der Waals surface area contributed by atoms with Crippen LogP contribution in [0.25, 0.3) is 11.0 Å². The quantitative estimate of drug-likeness (QED) is 0.820. The van der Waals surface area contributed by atoms with Crippen LogP contribution in [0.15, 0.2) is 6.20 Å². The molecule has 0 spiro atoms. The largest absolute Gasteiger partial charge is 0.383 e. The van der Waals surface area contributed by atoms with Crippen molar-refractivity contribution >= 4 is 28.7 Å². The molecule has 3 rings (SSSR count). The molecular formula is C17H28N8O. The van der Waals surface area contributed by atoms with E-state index in [1.165, 1.54) is 0 Å². The van der Waals surface area contributed by atoms with Crippen LogP contribution >= 0.6 is 0 Å². The standard InChI is InChI=1S/C17H28N8O/c1-4-24(5-2)14(26)12-23-7-6-8-25(10-9-23)17-20-15(18)13-11-19-22(3)16(13)21-17/h11H,4-10,12H2,1-3H3,(H2,18,20,21). The second-order valence-electron chi connectivity index (χ2n) is 6.60. The van der Waals surface area contributed by atoms with Gasteiger partial charge in [-0.25, -0.2) is 0 Å². The zero-order chi connectivity index (χ0) is 18.7. The number of likely N-dealkylation sites (N-methyl/N-ethyl adjacent to an activating group) is 1. The van der Waals surface area contributed by atoms with Gasteiger partial charge in [0.05, 0.1) is 18.1 Å². The van der Waals surface area contributed by atoms with E-state index in [9.17, 15) is 4.79 Å². The summed E-state index contributed by atoms with van der Waals surface area (Å²) in [4.78, 5) is 27.7. The fourth-order valence-corrected chi connectivity index (χ4v) is 3.37. The first-order chi connectivity index (χ1) is 12.5. The van der Waals surface area contributed by atoms with Gasteiger partial charge in [0.15, 0.2) is 5.65 Å². The van der Waals surface area contributed by atoms with E-state index in [0.717, 1.165) is 56.7 Å². The van der Waals surface area contributed by atoms with E-state index in [2.05, 4.69) is 24.9 Å². The summed E-state index contributed by atoms with van der Waals surface area (Å²) in [5.41, 5.74) is 6.82. The van der Waals surface area contributed by atoms with Gasteiger partial charge in [-0.3, -0.25) is 14.4 Å². The average molecular weight is 360 g/mol. The van der Waals surface area contributed by atoms with Crippen molar-refractivity contribution in [1.82, 2.24) is 29.5 Å². The van der Waals surface area contributed by atoms with E-state index >= 15 is 0 Å². The molecule has 1 aliphatic rings. The predicted octanol–water partition coefficient (Wildman–Crippen LogP) is 0.326. The highest BCUT2D eigenvalue weighted by Gasteiger charge is 2.21. The smallest absolute Gasteiger partial charge is 0.236 e. The highest BCUT2D eigenvalue weighted by atomic mass is 16.2. The van der Waals surface area contributed by atoms with Crippen molar-refractivity contribution < 1.29 is 4.79 Å². The third kappa shape index (κ3) is 3.72. The number of hydrogen-bond acceptors (Lipinski definition) is 7. The number of fused-ring (bicyclic) bond motifs is 1. The van der Waals surface area contributed by atoms with Crippen LogP contribution in [-0.2, 0) is 11.8 Å². The van der Waals surface area contributed by atoms with Crippen molar-refractivity contribution in [1.29, 1.82) is 0 Å². The van der Waals surface area contributed by atoms with Crippen LogP contribution in [0.4, 0.5) is 11.8 Å². The molecule has 142 valence electrons. The van der Waals surface area contributed by atoms with Crippen molar-refractivity contribution in [2.24, 2.45) is 7.05 Å². The molecule has 0 atom stereocenters. The average Bonchev–Trinajstić information content (AvgIpc) is 2.85. The Bertz CT molecular complexity index is 769. The lowest BCUT2D eigenvalue weighted by Gasteiger charge is -2.25. The molecule has 0 aromatic carbocycles. The van der Waals surface area contributed by atoms with Crippen LogP contribution in [0, 0.1) is 0 Å². The Morgan fingerprint density at radius 2 is 1.96 bits per heavy atom. The zero-order valence-corrected chi connectivity index (χ0v) is 15.9. The number of hydrogen-bond donors (Lipinski definition) is 1.